The first-order valence-electron chi connectivity index (χ1n) is 2.60. The van der Waals surface area contributed by atoms with E-state index in [1.165, 1.54) is 13.2 Å². The van der Waals surface area contributed by atoms with E-state index in [9.17, 15) is 9.59 Å². The van der Waals surface area contributed by atoms with Gasteiger partial charge in [-0.1, -0.05) is 0 Å². The van der Waals surface area contributed by atoms with E-state index in [0.29, 0.717) is 0 Å². The Bertz CT molecular complexity index is 351. The van der Waals surface area contributed by atoms with Crippen LogP contribution in [0.2, 0.25) is 0 Å². The minimum absolute atomic E-state index is 0.238. The third-order valence-electron chi connectivity index (χ3n) is 1.16. The van der Waals surface area contributed by atoms with Gasteiger partial charge in [-0.25, -0.2) is 4.79 Å². The van der Waals surface area contributed by atoms with Crippen molar-refractivity contribution in [3.8, 4) is 0 Å². The summed E-state index contributed by atoms with van der Waals surface area (Å²) in [7, 11) is 1.39. The lowest BCUT2D eigenvalue weighted by molar-refractivity contribution is 0.749. The monoisotopic (exact) mass is 158 g/mol. The van der Waals surface area contributed by atoms with Gasteiger partial charge in [-0.05, 0) is 0 Å². The van der Waals surface area contributed by atoms with Gasteiger partial charge in [-0.2, -0.15) is 0 Å². The van der Waals surface area contributed by atoms with E-state index in [0.717, 1.165) is 4.57 Å². The summed E-state index contributed by atoms with van der Waals surface area (Å²) in [5.41, 5.74) is -0.810. The summed E-state index contributed by atoms with van der Waals surface area (Å²) in [5.74, 6) is 0. The summed E-state index contributed by atoms with van der Waals surface area (Å²) in [6.45, 7) is 0. The number of hydrogen-bond donors (Lipinski definition) is 2. The molecule has 1 N–H and O–H groups in total. The number of aromatic nitrogens is 2. The number of nitrogens with zero attached hydrogens (tertiary/aromatic N) is 1. The molecule has 1 aromatic heterocycles. The van der Waals surface area contributed by atoms with Crippen molar-refractivity contribution in [2.24, 2.45) is 7.05 Å². The standard InChI is InChI=1S/C5H6N2O2S/c1-7-4(8)3(10)2-6-5(7)9/h2,10H,1H3,(H,6,9). The quantitative estimate of drug-likeness (QED) is 0.493. The molecule has 5 heteroatoms. The molecule has 0 aliphatic carbocycles. The van der Waals surface area contributed by atoms with Crippen LogP contribution in [-0.2, 0) is 7.05 Å². The van der Waals surface area contributed by atoms with Crippen molar-refractivity contribution in [1.29, 1.82) is 0 Å². The van der Waals surface area contributed by atoms with Crippen LogP contribution in [-0.4, -0.2) is 9.55 Å². The molecule has 0 fully saturated rings. The average Bonchev–Trinajstić information content (AvgIpc) is 1.93. The number of aromatic amines is 1. The van der Waals surface area contributed by atoms with E-state index >= 15 is 0 Å². The summed E-state index contributed by atoms with van der Waals surface area (Å²) in [6, 6.07) is 0. The predicted octanol–water partition coefficient (Wildman–Crippen LogP) is -0.638. The van der Waals surface area contributed by atoms with Crippen molar-refractivity contribution in [3.63, 3.8) is 0 Å². The van der Waals surface area contributed by atoms with Crippen LogP contribution in [0.25, 0.3) is 0 Å². The molecule has 0 spiro atoms. The van der Waals surface area contributed by atoms with Gasteiger partial charge in [-0.15, -0.1) is 12.6 Å². The van der Waals surface area contributed by atoms with Crippen LogP contribution >= 0.6 is 12.6 Å². The summed E-state index contributed by atoms with van der Waals surface area (Å²) in [4.78, 5) is 24.1. The molecule has 1 heterocycles. The largest absolute Gasteiger partial charge is 0.328 e. The van der Waals surface area contributed by atoms with Crippen molar-refractivity contribution in [1.82, 2.24) is 9.55 Å². The predicted molar refractivity (Wildman–Crippen MR) is 39.6 cm³/mol. The molecule has 0 amide bonds. The van der Waals surface area contributed by atoms with Crippen LogP contribution in [0.3, 0.4) is 0 Å². The molecular weight excluding hydrogens is 152 g/mol. The molecule has 10 heavy (non-hydrogen) atoms. The van der Waals surface area contributed by atoms with Gasteiger partial charge in [0.2, 0.25) is 0 Å². The summed E-state index contributed by atoms with van der Waals surface area (Å²) in [6.07, 6.45) is 1.27. The molecule has 0 aromatic carbocycles. The van der Waals surface area contributed by atoms with Crippen LogP contribution < -0.4 is 11.2 Å². The topological polar surface area (TPSA) is 54.9 Å². The Balaban J connectivity index is 3.66. The SMILES string of the molecule is Cn1c(=O)[nH]cc(S)c1=O. The van der Waals surface area contributed by atoms with Gasteiger partial charge in [0.25, 0.3) is 5.56 Å². The lowest BCUT2D eigenvalue weighted by Crippen LogP contribution is -2.32. The first-order valence-corrected chi connectivity index (χ1v) is 3.05. The molecule has 1 rings (SSSR count). The molecule has 0 aliphatic heterocycles. The molecule has 0 saturated heterocycles. The Morgan fingerprint density at radius 1 is 1.60 bits per heavy atom. The van der Waals surface area contributed by atoms with Crippen LogP contribution in [0.15, 0.2) is 20.7 Å². The zero-order valence-corrected chi connectivity index (χ0v) is 6.18. The van der Waals surface area contributed by atoms with Crippen molar-refractivity contribution in [2.45, 2.75) is 4.90 Å². The molecule has 0 aliphatic rings. The number of H-pyrrole nitrogens is 1. The Labute approximate surface area is 61.9 Å². The third kappa shape index (κ3) is 0.995. The van der Waals surface area contributed by atoms with Crippen LogP contribution in [0.1, 0.15) is 0 Å². The first-order chi connectivity index (χ1) is 4.63. The minimum Gasteiger partial charge on any atom is -0.313 e. The van der Waals surface area contributed by atoms with Gasteiger partial charge in [-0.3, -0.25) is 9.36 Å². The Kier molecular flexibility index (Phi) is 1.67. The summed E-state index contributed by atoms with van der Waals surface area (Å²) in [5, 5.41) is 0. The van der Waals surface area contributed by atoms with Gasteiger partial charge in [0.1, 0.15) is 0 Å². The van der Waals surface area contributed by atoms with Gasteiger partial charge in [0.05, 0.1) is 4.90 Å². The van der Waals surface area contributed by atoms with E-state index in [2.05, 4.69) is 17.6 Å². The summed E-state index contributed by atoms with van der Waals surface area (Å²) < 4.78 is 0.961. The molecular formula is C5H6N2O2S. The van der Waals surface area contributed by atoms with E-state index in [1.807, 2.05) is 0 Å². The van der Waals surface area contributed by atoms with Crippen molar-refractivity contribution in [3.05, 3.63) is 27.0 Å². The van der Waals surface area contributed by atoms with Gasteiger partial charge >= 0.3 is 5.69 Å². The molecule has 4 nitrogen and oxygen atoms in total. The van der Waals surface area contributed by atoms with E-state index in [1.54, 1.807) is 0 Å². The van der Waals surface area contributed by atoms with Crippen LogP contribution in [0.4, 0.5) is 0 Å². The maximum Gasteiger partial charge on any atom is 0.328 e. The normalized spacial score (nSPS) is 9.80. The molecule has 54 valence electrons. The smallest absolute Gasteiger partial charge is 0.313 e. The lowest BCUT2D eigenvalue weighted by Gasteiger charge is -1.93. The molecule has 0 saturated carbocycles. The zero-order valence-electron chi connectivity index (χ0n) is 5.29. The highest BCUT2D eigenvalue weighted by molar-refractivity contribution is 7.80. The second-order valence-electron chi connectivity index (χ2n) is 1.84. The fourth-order valence-corrected chi connectivity index (χ4v) is 0.767. The number of hydrogen-bond acceptors (Lipinski definition) is 3. The van der Waals surface area contributed by atoms with Crippen LogP contribution in [0.5, 0.6) is 0 Å². The maximum atomic E-state index is 10.9. The van der Waals surface area contributed by atoms with Crippen molar-refractivity contribution in [2.75, 3.05) is 0 Å². The maximum absolute atomic E-state index is 10.9. The van der Waals surface area contributed by atoms with Gasteiger partial charge in [0, 0.05) is 13.2 Å². The first kappa shape index (κ1) is 7.14. The summed E-state index contributed by atoms with van der Waals surface area (Å²) >= 11 is 3.81. The number of rotatable bonds is 0. The number of nitrogens with one attached hydrogen (secondary N) is 1. The zero-order chi connectivity index (χ0) is 7.72. The van der Waals surface area contributed by atoms with Crippen molar-refractivity contribution >= 4 is 12.6 Å². The highest BCUT2D eigenvalue weighted by Crippen LogP contribution is 1.88. The molecule has 1 aromatic rings. The molecule has 0 bridgehead atoms. The molecule has 0 unspecified atom stereocenters. The van der Waals surface area contributed by atoms with Crippen LogP contribution in [0, 0.1) is 0 Å². The molecule has 0 radical (unpaired) electrons. The fourth-order valence-electron chi connectivity index (χ4n) is 0.553. The average molecular weight is 158 g/mol. The Morgan fingerprint density at radius 3 is 2.70 bits per heavy atom. The van der Waals surface area contributed by atoms with Gasteiger partial charge in [0.15, 0.2) is 0 Å². The second kappa shape index (κ2) is 2.34. The Morgan fingerprint density at radius 2 is 2.20 bits per heavy atom. The Hall–Kier alpha value is -0.970. The van der Waals surface area contributed by atoms with E-state index in [4.69, 9.17) is 0 Å². The highest BCUT2D eigenvalue weighted by atomic mass is 32.1. The van der Waals surface area contributed by atoms with Crippen molar-refractivity contribution < 1.29 is 0 Å². The second-order valence-corrected chi connectivity index (χ2v) is 2.33. The third-order valence-corrected chi connectivity index (χ3v) is 1.48. The molecule has 0 atom stereocenters. The number of thiol groups is 1. The minimum atomic E-state index is -0.428. The van der Waals surface area contributed by atoms with E-state index < -0.39 is 5.69 Å². The lowest BCUT2D eigenvalue weighted by atomic mass is 10.6. The highest BCUT2D eigenvalue weighted by Gasteiger charge is 1.96. The van der Waals surface area contributed by atoms with E-state index in [-0.39, 0.29) is 10.5 Å². The van der Waals surface area contributed by atoms with Gasteiger partial charge < -0.3 is 4.98 Å². The fraction of sp³-hybridized carbons (Fsp3) is 0.200.